The number of rotatable bonds is 5. The van der Waals surface area contributed by atoms with Gasteiger partial charge in [-0.05, 0) is 53.0 Å². The summed E-state index contributed by atoms with van der Waals surface area (Å²) in [6.45, 7) is 18.9. The third-order valence-electron chi connectivity index (χ3n) is 5.55. The molecular weight excluding hydrogens is 436 g/mol. The van der Waals surface area contributed by atoms with Crippen molar-refractivity contribution in [3.8, 4) is 5.88 Å². The Morgan fingerprint density at radius 2 is 1.93 bits per heavy atom. The first-order valence-corrected chi connectivity index (χ1v) is 13.7. The zero-order chi connectivity index (χ0) is 21.3. The average Bonchev–Trinajstić information content (AvgIpc) is 2.56. The maximum atomic E-state index is 12.8. The van der Waals surface area contributed by atoms with E-state index in [1.165, 1.54) is 0 Å². The second-order valence-corrected chi connectivity index (χ2v) is 15.7. The van der Waals surface area contributed by atoms with E-state index in [0.717, 1.165) is 35.3 Å². The van der Waals surface area contributed by atoms with E-state index in [1.54, 1.807) is 4.90 Å². The van der Waals surface area contributed by atoms with Crippen molar-refractivity contribution in [2.24, 2.45) is 5.41 Å². The zero-order valence-electron chi connectivity index (χ0n) is 18.6. The first kappa shape index (κ1) is 23.4. The van der Waals surface area contributed by atoms with Crippen molar-refractivity contribution in [3.63, 3.8) is 0 Å². The van der Waals surface area contributed by atoms with Gasteiger partial charge < -0.3 is 14.1 Å². The number of hydrogen-bond acceptors (Lipinski definition) is 4. The molecule has 158 valence electrons. The van der Waals surface area contributed by atoms with Crippen molar-refractivity contribution >= 4 is 35.8 Å². The van der Waals surface area contributed by atoms with Gasteiger partial charge in [0.25, 0.3) is 0 Å². The van der Waals surface area contributed by atoms with Gasteiger partial charge in [0, 0.05) is 16.5 Å². The van der Waals surface area contributed by atoms with Crippen molar-refractivity contribution in [1.29, 1.82) is 0 Å². The number of carbonyl (C=O) groups excluding carboxylic acids is 1. The Labute approximate surface area is 179 Å². The van der Waals surface area contributed by atoms with Crippen LogP contribution in [0.1, 0.15) is 53.7 Å². The fourth-order valence-electron chi connectivity index (χ4n) is 2.73. The van der Waals surface area contributed by atoms with Crippen LogP contribution < -0.4 is 9.64 Å². The van der Waals surface area contributed by atoms with Crippen molar-refractivity contribution in [2.75, 3.05) is 24.7 Å². The first-order valence-electron chi connectivity index (χ1n) is 10.0. The van der Waals surface area contributed by atoms with Gasteiger partial charge in [-0.1, -0.05) is 41.5 Å². The van der Waals surface area contributed by atoms with Gasteiger partial charge in [0.2, 0.25) is 11.8 Å². The Morgan fingerprint density at radius 1 is 1.29 bits per heavy atom. The molecule has 1 aromatic rings. The Morgan fingerprint density at radius 3 is 2.50 bits per heavy atom. The number of aromatic nitrogens is 1. The number of hydrogen-bond donors (Lipinski definition) is 0. The van der Waals surface area contributed by atoms with E-state index in [4.69, 9.17) is 14.1 Å². The number of carbonyl (C=O) groups is 1. The summed E-state index contributed by atoms with van der Waals surface area (Å²) in [7, 11) is -1.72. The van der Waals surface area contributed by atoms with Crippen LogP contribution in [0.2, 0.25) is 18.1 Å². The Hall–Kier alpha value is -0.923. The summed E-state index contributed by atoms with van der Waals surface area (Å²) in [5.41, 5.74) is 1.25. The van der Waals surface area contributed by atoms with Gasteiger partial charge >= 0.3 is 0 Å². The smallest absolute Gasteiger partial charge is 0.238 e. The number of anilines is 1. The number of amides is 1. The van der Waals surface area contributed by atoms with Crippen LogP contribution >= 0.6 is 15.9 Å². The van der Waals surface area contributed by atoms with Crippen LogP contribution in [-0.2, 0) is 15.6 Å². The van der Waals surface area contributed by atoms with Crippen molar-refractivity contribution in [2.45, 2.75) is 72.5 Å². The monoisotopic (exact) mass is 470 g/mol. The lowest BCUT2D eigenvalue weighted by molar-refractivity contribution is -0.126. The second-order valence-electron chi connectivity index (χ2n) is 10.0. The molecule has 0 atom stereocenters. The minimum Gasteiger partial charge on any atom is -0.474 e. The Bertz CT molecular complexity index is 724. The molecule has 1 aliphatic rings. The van der Waals surface area contributed by atoms with Crippen LogP contribution in [0.3, 0.4) is 0 Å². The molecular formula is C21H35BrN2O3Si. The molecule has 0 spiro atoms. The lowest BCUT2D eigenvalue weighted by Gasteiger charge is -2.36. The lowest BCUT2D eigenvalue weighted by atomic mass is 9.94. The topological polar surface area (TPSA) is 51.7 Å². The predicted molar refractivity (Wildman–Crippen MR) is 121 cm³/mol. The van der Waals surface area contributed by atoms with E-state index in [-0.39, 0.29) is 10.9 Å². The molecule has 0 unspecified atom stereocenters. The maximum Gasteiger partial charge on any atom is 0.238 e. The molecule has 0 bridgehead atoms. The summed E-state index contributed by atoms with van der Waals surface area (Å²) in [5, 5.41) is 0.217. The molecule has 0 saturated carbocycles. The molecule has 0 saturated heterocycles. The Balaban J connectivity index is 2.08. The molecule has 0 aliphatic carbocycles. The predicted octanol–water partition coefficient (Wildman–Crippen LogP) is 5.57. The summed E-state index contributed by atoms with van der Waals surface area (Å²) in [6, 6.07) is 1.97. The van der Waals surface area contributed by atoms with Gasteiger partial charge in [-0.2, -0.15) is 0 Å². The molecule has 0 fully saturated rings. The molecule has 1 amide bonds. The van der Waals surface area contributed by atoms with Gasteiger partial charge in [0.15, 0.2) is 8.32 Å². The number of fused-ring (bicyclic) bond motifs is 1. The van der Waals surface area contributed by atoms with Gasteiger partial charge in [-0.25, -0.2) is 4.98 Å². The van der Waals surface area contributed by atoms with Gasteiger partial charge in [0.1, 0.15) is 12.3 Å². The number of nitrogens with zero attached hydrogens (tertiary/aromatic N) is 2. The fraction of sp³-hybridized carbons (Fsp3) is 0.714. The highest BCUT2D eigenvalue weighted by atomic mass is 79.9. The number of halogens is 1. The fourth-order valence-corrected chi connectivity index (χ4v) is 4.32. The number of ether oxygens (including phenoxy) is 1. The van der Waals surface area contributed by atoms with Crippen LogP contribution in [0.4, 0.5) is 5.69 Å². The summed E-state index contributed by atoms with van der Waals surface area (Å²) in [5.74, 6) is 0.633. The third-order valence-corrected chi connectivity index (χ3v) is 10.8. The van der Waals surface area contributed by atoms with Gasteiger partial charge in [0.05, 0.1) is 12.2 Å². The van der Waals surface area contributed by atoms with Crippen LogP contribution in [0, 0.1) is 5.41 Å². The van der Waals surface area contributed by atoms with E-state index < -0.39 is 13.7 Å². The highest BCUT2D eigenvalue weighted by molar-refractivity contribution is 9.10. The average molecular weight is 472 g/mol. The Kier molecular flexibility index (Phi) is 7.04. The maximum absolute atomic E-state index is 12.8. The lowest BCUT2D eigenvalue weighted by Crippen LogP contribution is -2.44. The van der Waals surface area contributed by atoms with Crippen molar-refractivity contribution in [3.05, 3.63) is 16.2 Å². The molecule has 0 aromatic carbocycles. The minimum atomic E-state index is -1.72. The summed E-state index contributed by atoms with van der Waals surface area (Å²) < 4.78 is 12.9. The largest absolute Gasteiger partial charge is 0.474 e. The quantitative estimate of drug-likeness (QED) is 0.416. The highest BCUT2D eigenvalue weighted by Gasteiger charge is 2.37. The molecule has 0 N–H and O–H groups in total. The molecule has 0 radical (unpaired) electrons. The molecule has 5 nitrogen and oxygen atoms in total. The first-order chi connectivity index (χ1) is 12.7. The van der Waals surface area contributed by atoms with E-state index in [9.17, 15) is 4.79 Å². The SMILES string of the molecule is CC(C)(C)C(=O)N1CCOc2nc(CCCO[Si](C)(C)C(C)(C)C)c(Br)cc21. The van der Waals surface area contributed by atoms with Crippen LogP contribution in [0.15, 0.2) is 10.5 Å². The minimum absolute atomic E-state index is 0.0845. The zero-order valence-corrected chi connectivity index (χ0v) is 21.2. The van der Waals surface area contributed by atoms with E-state index in [0.29, 0.717) is 19.0 Å². The molecule has 1 aromatic heterocycles. The summed E-state index contributed by atoms with van der Waals surface area (Å²) in [4.78, 5) is 19.3. The normalized spacial score (nSPS) is 15.2. The van der Waals surface area contributed by atoms with Gasteiger partial charge in [-0.15, -0.1) is 0 Å². The highest BCUT2D eigenvalue weighted by Crippen LogP contribution is 2.38. The van der Waals surface area contributed by atoms with Gasteiger partial charge in [-0.3, -0.25) is 4.79 Å². The van der Waals surface area contributed by atoms with E-state index >= 15 is 0 Å². The summed E-state index contributed by atoms with van der Waals surface area (Å²) in [6.07, 6.45) is 1.71. The van der Waals surface area contributed by atoms with Crippen LogP contribution in [0.25, 0.3) is 0 Å². The molecule has 2 heterocycles. The second kappa shape index (κ2) is 8.44. The standard InChI is InChI=1S/C21H35BrN2O3Si/c1-20(2,3)19(25)24-11-13-26-18-17(24)14-15(22)16(23-18)10-9-12-27-28(7,8)21(4,5)6/h14H,9-13H2,1-8H3. The third kappa shape index (κ3) is 5.36. The summed E-state index contributed by atoms with van der Waals surface area (Å²) >= 11 is 3.64. The number of aryl methyl sites for hydroxylation is 1. The van der Waals surface area contributed by atoms with E-state index in [2.05, 4.69) is 49.8 Å². The van der Waals surface area contributed by atoms with Crippen molar-refractivity contribution < 1.29 is 14.0 Å². The van der Waals surface area contributed by atoms with Crippen molar-refractivity contribution in [1.82, 2.24) is 4.98 Å². The van der Waals surface area contributed by atoms with Crippen LogP contribution in [0.5, 0.6) is 5.88 Å². The van der Waals surface area contributed by atoms with Crippen LogP contribution in [-0.4, -0.2) is 39.0 Å². The number of pyridine rings is 1. The molecule has 7 heteroatoms. The van der Waals surface area contributed by atoms with E-state index in [1.807, 2.05) is 26.8 Å². The molecule has 2 rings (SSSR count). The molecule has 28 heavy (non-hydrogen) atoms. The molecule has 1 aliphatic heterocycles.